The Kier molecular flexibility index (Phi) is 3.22. The van der Waals surface area contributed by atoms with Gasteiger partial charge in [-0.05, 0) is 36.3 Å². The molecule has 2 bridgehead atoms. The van der Waals surface area contributed by atoms with Crippen LogP contribution in [-0.2, 0) is 12.0 Å². The van der Waals surface area contributed by atoms with Crippen molar-refractivity contribution in [3.63, 3.8) is 0 Å². The summed E-state index contributed by atoms with van der Waals surface area (Å²) in [5.74, 6) is -1.22. The van der Waals surface area contributed by atoms with Gasteiger partial charge in [0.25, 0.3) is 5.56 Å². The SMILES string of the molecule is C=CCn1c2c(c(=O)n1-c1ccc(F)cc1F)[C@@H]1CC[C@@]2(C)C1(C)C. The lowest BCUT2D eigenvalue weighted by molar-refractivity contribution is 0.216. The monoisotopic (exact) mass is 344 g/mol. The van der Waals surface area contributed by atoms with Gasteiger partial charge in [-0.15, -0.1) is 6.58 Å². The number of nitrogens with zero attached hydrogens (tertiary/aromatic N) is 2. The maximum Gasteiger partial charge on any atom is 0.275 e. The van der Waals surface area contributed by atoms with Crippen LogP contribution in [0.5, 0.6) is 0 Å². The Morgan fingerprint density at radius 2 is 2.04 bits per heavy atom. The summed E-state index contributed by atoms with van der Waals surface area (Å²) < 4.78 is 30.9. The number of allylic oxidation sites excluding steroid dienone is 1. The quantitative estimate of drug-likeness (QED) is 0.764. The van der Waals surface area contributed by atoms with E-state index >= 15 is 0 Å². The predicted octanol–water partition coefficient (Wildman–Crippen LogP) is 4.28. The molecule has 4 rings (SSSR count). The Labute approximate surface area is 145 Å². The number of aromatic nitrogens is 2. The van der Waals surface area contributed by atoms with Gasteiger partial charge in [-0.25, -0.2) is 13.5 Å². The summed E-state index contributed by atoms with van der Waals surface area (Å²) in [7, 11) is 0. The lowest BCUT2D eigenvalue weighted by Crippen LogP contribution is -2.36. The molecule has 1 heterocycles. The van der Waals surface area contributed by atoms with Gasteiger partial charge in [0, 0.05) is 17.0 Å². The van der Waals surface area contributed by atoms with E-state index in [9.17, 15) is 13.6 Å². The Hall–Kier alpha value is -2.17. The lowest BCUT2D eigenvalue weighted by Gasteiger charge is -2.36. The number of fused-ring (bicyclic) bond motifs is 5. The van der Waals surface area contributed by atoms with E-state index in [1.54, 1.807) is 6.08 Å². The summed E-state index contributed by atoms with van der Waals surface area (Å²) in [6, 6.07) is 3.33. The van der Waals surface area contributed by atoms with Gasteiger partial charge in [0.05, 0.1) is 12.2 Å². The van der Waals surface area contributed by atoms with E-state index in [4.69, 9.17) is 0 Å². The van der Waals surface area contributed by atoms with E-state index in [2.05, 4.69) is 27.4 Å². The minimum atomic E-state index is -0.736. The molecule has 0 unspecified atom stereocenters. The molecule has 0 radical (unpaired) electrons. The average Bonchev–Trinajstić information content (AvgIpc) is 3.01. The molecule has 132 valence electrons. The highest BCUT2D eigenvalue weighted by atomic mass is 19.1. The molecule has 0 aliphatic heterocycles. The molecular formula is C20H22F2N2O. The van der Waals surface area contributed by atoms with E-state index in [0.29, 0.717) is 6.54 Å². The van der Waals surface area contributed by atoms with Crippen molar-refractivity contribution in [1.29, 1.82) is 0 Å². The zero-order chi connectivity index (χ0) is 18.1. The van der Waals surface area contributed by atoms with Crippen molar-refractivity contribution in [2.75, 3.05) is 0 Å². The van der Waals surface area contributed by atoms with Crippen molar-refractivity contribution in [3.05, 3.63) is 64.1 Å². The van der Waals surface area contributed by atoms with Crippen molar-refractivity contribution in [2.24, 2.45) is 5.41 Å². The molecule has 0 N–H and O–H groups in total. The first-order valence-corrected chi connectivity index (χ1v) is 8.66. The Morgan fingerprint density at radius 3 is 2.68 bits per heavy atom. The number of hydrogen-bond donors (Lipinski definition) is 0. The van der Waals surface area contributed by atoms with E-state index in [1.807, 2.05) is 4.68 Å². The molecule has 0 amide bonds. The van der Waals surface area contributed by atoms with Gasteiger partial charge in [0.1, 0.15) is 11.5 Å². The molecule has 1 aromatic carbocycles. The van der Waals surface area contributed by atoms with Crippen molar-refractivity contribution in [1.82, 2.24) is 9.36 Å². The van der Waals surface area contributed by atoms with Gasteiger partial charge in [-0.2, -0.15) is 0 Å². The first-order valence-electron chi connectivity index (χ1n) is 8.66. The number of rotatable bonds is 3. The van der Waals surface area contributed by atoms with Gasteiger partial charge >= 0.3 is 0 Å². The summed E-state index contributed by atoms with van der Waals surface area (Å²) in [6.07, 6.45) is 3.68. The molecule has 2 atom stereocenters. The summed E-state index contributed by atoms with van der Waals surface area (Å²) in [6.45, 7) is 10.8. The third-order valence-corrected chi connectivity index (χ3v) is 6.71. The summed E-state index contributed by atoms with van der Waals surface area (Å²) >= 11 is 0. The molecule has 1 aromatic heterocycles. The minimum Gasteiger partial charge on any atom is -0.277 e. The normalized spacial score (nSPS) is 26.0. The highest BCUT2D eigenvalue weighted by molar-refractivity contribution is 5.47. The summed E-state index contributed by atoms with van der Waals surface area (Å²) in [4.78, 5) is 13.3. The van der Waals surface area contributed by atoms with Crippen molar-refractivity contribution in [2.45, 2.75) is 51.5 Å². The highest BCUT2D eigenvalue weighted by Crippen LogP contribution is 2.67. The minimum absolute atomic E-state index is 0.0137. The van der Waals surface area contributed by atoms with Crippen LogP contribution in [0.15, 0.2) is 35.6 Å². The van der Waals surface area contributed by atoms with Gasteiger partial charge in [0.2, 0.25) is 0 Å². The molecule has 0 spiro atoms. The molecule has 1 saturated carbocycles. The topological polar surface area (TPSA) is 26.9 Å². The zero-order valence-corrected chi connectivity index (χ0v) is 14.8. The summed E-state index contributed by atoms with van der Waals surface area (Å²) in [5, 5.41) is 0. The fourth-order valence-electron chi connectivity index (χ4n) is 5.08. The van der Waals surface area contributed by atoms with Crippen molar-refractivity contribution >= 4 is 0 Å². The average molecular weight is 344 g/mol. The predicted molar refractivity (Wildman–Crippen MR) is 93.3 cm³/mol. The highest BCUT2D eigenvalue weighted by Gasteiger charge is 2.62. The van der Waals surface area contributed by atoms with Crippen LogP contribution in [0.2, 0.25) is 0 Å². The van der Waals surface area contributed by atoms with Crippen LogP contribution in [0, 0.1) is 17.0 Å². The fourth-order valence-corrected chi connectivity index (χ4v) is 5.08. The smallest absolute Gasteiger partial charge is 0.275 e. The van der Waals surface area contributed by atoms with Gasteiger partial charge in [-0.1, -0.05) is 26.8 Å². The third kappa shape index (κ3) is 1.81. The first-order chi connectivity index (χ1) is 11.7. The maximum atomic E-state index is 14.4. The number of halogens is 2. The Balaban J connectivity index is 2.06. The van der Waals surface area contributed by atoms with Crippen LogP contribution in [0.1, 0.15) is 50.8 Å². The van der Waals surface area contributed by atoms with Crippen molar-refractivity contribution in [3.8, 4) is 5.69 Å². The second kappa shape index (κ2) is 4.93. The van der Waals surface area contributed by atoms with Gasteiger partial charge in [-0.3, -0.25) is 9.48 Å². The lowest BCUT2D eigenvalue weighted by atomic mass is 9.70. The van der Waals surface area contributed by atoms with Crippen LogP contribution in [0.4, 0.5) is 8.78 Å². The van der Waals surface area contributed by atoms with Crippen molar-refractivity contribution < 1.29 is 8.78 Å². The molecule has 5 heteroatoms. The second-order valence-corrected chi connectivity index (χ2v) is 7.99. The number of benzene rings is 1. The molecule has 0 saturated heterocycles. The molecule has 2 aliphatic rings. The van der Waals surface area contributed by atoms with Crippen LogP contribution in [-0.4, -0.2) is 9.36 Å². The number of hydrogen-bond acceptors (Lipinski definition) is 1. The fraction of sp³-hybridized carbons (Fsp3) is 0.450. The van der Waals surface area contributed by atoms with E-state index in [0.717, 1.165) is 30.2 Å². The maximum absolute atomic E-state index is 14.4. The molecular weight excluding hydrogens is 322 g/mol. The van der Waals surface area contributed by atoms with Crippen LogP contribution in [0.3, 0.4) is 0 Å². The molecule has 3 nitrogen and oxygen atoms in total. The Morgan fingerprint density at radius 1 is 1.32 bits per heavy atom. The standard InChI is InChI=1S/C20H22F2N2O/c1-5-10-23-17-16(13-8-9-20(17,4)19(13,2)3)18(25)24(23)15-7-6-12(21)11-14(15)22/h5-7,11,13H,1,8-10H2,2-4H3/t13-,20+/m0/s1. The van der Waals surface area contributed by atoms with Gasteiger partial charge < -0.3 is 0 Å². The largest absolute Gasteiger partial charge is 0.277 e. The molecule has 1 fully saturated rings. The van der Waals surface area contributed by atoms with E-state index in [-0.39, 0.29) is 28.0 Å². The van der Waals surface area contributed by atoms with E-state index in [1.165, 1.54) is 16.8 Å². The summed E-state index contributed by atoms with van der Waals surface area (Å²) in [5.41, 5.74) is 1.52. The second-order valence-electron chi connectivity index (χ2n) is 7.99. The molecule has 2 aromatic rings. The molecule has 2 aliphatic carbocycles. The Bertz CT molecular complexity index is 953. The van der Waals surface area contributed by atoms with Crippen LogP contribution < -0.4 is 5.56 Å². The molecule has 25 heavy (non-hydrogen) atoms. The van der Waals surface area contributed by atoms with Gasteiger partial charge in [0.15, 0.2) is 5.82 Å². The zero-order valence-electron chi connectivity index (χ0n) is 14.8. The van der Waals surface area contributed by atoms with Crippen LogP contribution in [0.25, 0.3) is 5.69 Å². The van der Waals surface area contributed by atoms with E-state index < -0.39 is 11.6 Å². The van der Waals surface area contributed by atoms with Crippen LogP contribution >= 0.6 is 0 Å². The first kappa shape index (κ1) is 16.3. The third-order valence-electron chi connectivity index (χ3n) is 6.71.